The number of carbonyl (C=O) groups is 1. The number of ether oxygens (including phenoxy) is 1. The van der Waals surface area contributed by atoms with Crippen molar-refractivity contribution in [3.05, 3.63) is 52.0 Å². The molecule has 0 saturated heterocycles. The van der Waals surface area contributed by atoms with Gasteiger partial charge in [0.1, 0.15) is 6.61 Å². The van der Waals surface area contributed by atoms with Crippen molar-refractivity contribution in [3.8, 4) is 0 Å². The summed E-state index contributed by atoms with van der Waals surface area (Å²) < 4.78 is 5.10. The van der Waals surface area contributed by atoms with E-state index in [1.165, 1.54) is 11.3 Å². The van der Waals surface area contributed by atoms with Crippen LogP contribution in [0, 0.1) is 6.92 Å². The Labute approximate surface area is 110 Å². The molecule has 0 atom stereocenters. The number of hydrogen-bond donors (Lipinski definition) is 1. The molecule has 2 aromatic rings. The van der Waals surface area contributed by atoms with E-state index >= 15 is 0 Å². The van der Waals surface area contributed by atoms with Crippen LogP contribution in [0.25, 0.3) is 0 Å². The van der Waals surface area contributed by atoms with Crippen LogP contribution in [0.15, 0.2) is 35.8 Å². The Morgan fingerprint density at radius 2 is 2.17 bits per heavy atom. The Morgan fingerprint density at radius 1 is 1.39 bits per heavy atom. The molecule has 0 radical (unpaired) electrons. The van der Waals surface area contributed by atoms with Gasteiger partial charge in [-0.1, -0.05) is 30.3 Å². The van der Waals surface area contributed by atoms with Crippen LogP contribution in [0.5, 0.6) is 0 Å². The van der Waals surface area contributed by atoms with E-state index in [2.05, 4.69) is 10.3 Å². The number of rotatable bonds is 4. The van der Waals surface area contributed by atoms with Gasteiger partial charge in [-0.05, 0) is 12.5 Å². The number of aromatic nitrogens is 1. The van der Waals surface area contributed by atoms with Crippen molar-refractivity contribution in [3.63, 3.8) is 0 Å². The van der Waals surface area contributed by atoms with E-state index in [9.17, 15) is 4.79 Å². The van der Waals surface area contributed by atoms with Crippen LogP contribution in [-0.4, -0.2) is 11.1 Å². The lowest BCUT2D eigenvalue weighted by molar-refractivity contribution is 0.139. The molecule has 0 unspecified atom stereocenters. The van der Waals surface area contributed by atoms with Gasteiger partial charge in [0.15, 0.2) is 0 Å². The summed E-state index contributed by atoms with van der Waals surface area (Å²) in [6.07, 6.45) is -0.411. The number of alkyl carbamates (subject to hydrolysis) is 1. The first kappa shape index (κ1) is 12.6. The smallest absolute Gasteiger partial charge is 0.407 e. The van der Waals surface area contributed by atoms with Crippen LogP contribution in [-0.2, 0) is 17.9 Å². The summed E-state index contributed by atoms with van der Waals surface area (Å²) in [4.78, 5) is 16.6. The third kappa shape index (κ3) is 3.56. The fourth-order valence-electron chi connectivity index (χ4n) is 1.42. The maximum absolute atomic E-state index is 11.5. The molecule has 0 fully saturated rings. The number of aryl methyl sites for hydroxylation is 1. The van der Waals surface area contributed by atoms with Crippen molar-refractivity contribution in [1.82, 2.24) is 10.3 Å². The Morgan fingerprint density at radius 3 is 2.83 bits per heavy atom. The molecule has 4 nitrogen and oxygen atoms in total. The highest BCUT2D eigenvalue weighted by molar-refractivity contribution is 7.09. The fraction of sp³-hybridized carbons (Fsp3) is 0.231. The third-order valence-electron chi connectivity index (χ3n) is 2.45. The average molecular weight is 262 g/mol. The highest BCUT2D eigenvalue weighted by Crippen LogP contribution is 2.11. The number of thiazole rings is 1. The predicted molar refractivity (Wildman–Crippen MR) is 70.3 cm³/mol. The lowest BCUT2D eigenvalue weighted by atomic mass is 10.2. The molecule has 1 amide bonds. The molecule has 0 aliphatic rings. The van der Waals surface area contributed by atoms with E-state index in [0.717, 1.165) is 16.1 Å². The van der Waals surface area contributed by atoms with E-state index in [4.69, 9.17) is 4.74 Å². The molecule has 1 aromatic carbocycles. The molecule has 5 heteroatoms. The lowest BCUT2D eigenvalue weighted by Crippen LogP contribution is -2.23. The zero-order valence-corrected chi connectivity index (χ0v) is 10.9. The highest BCUT2D eigenvalue weighted by atomic mass is 32.1. The first-order valence-electron chi connectivity index (χ1n) is 5.59. The second-order valence-electron chi connectivity index (χ2n) is 3.78. The van der Waals surface area contributed by atoms with Crippen molar-refractivity contribution in [2.24, 2.45) is 0 Å². The van der Waals surface area contributed by atoms with Crippen molar-refractivity contribution in [2.75, 3.05) is 0 Å². The lowest BCUT2D eigenvalue weighted by Gasteiger charge is -2.06. The SMILES string of the molecule is Cc1ncsc1CNC(=O)OCc1ccccc1. The van der Waals surface area contributed by atoms with E-state index in [0.29, 0.717) is 6.54 Å². The number of nitrogens with zero attached hydrogens (tertiary/aromatic N) is 1. The summed E-state index contributed by atoms with van der Waals surface area (Å²) in [6.45, 7) is 2.67. The maximum Gasteiger partial charge on any atom is 0.407 e. The van der Waals surface area contributed by atoms with Crippen LogP contribution in [0.2, 0.25) is 0 Å². The van der Waals surface area contributed by atoms with Gasteiger partial charge in [-0.3, -0.25) is 0 Å². The van der Waals surface area contributed by atoms with Crippen molar-refractivity contribution < 1.29 is 9.53 Å². The van der Waals surface area contributed by atoms with Crippen LogP contribution in [0.4, 0.5) is 4.79 Å². The Hall–Kier alpha value is -1.88. The van der Waals surface area contributed by atoms with Gasteiger partial charge in [-0.15, -0.1) is 11.3 Å². The van der Waals surface area contributed by atoms with Crippen LogP contribution < -0.4 is 5.32 Å². The minimum atomic E-state index is -0.411. The molecule has 0 spiro atoms. The Bertz CT molecular complexity index is 511. The molecule has 18 heavy (non-hydrogen) atoms. The van der Waals surface area contributed by atoms with Gasteiger partial charge in [0, 0.05) is 4.88 Å². The molecule has 1 aromatic heterocycles. The molecule has 1 N–H and O–H groups in total. The molecule has 2 rings (SSSR count). The summed E-state index contributed by atoms with van der Waals surface area (Å²) in [6, 6.07) is 9.59. The first-order valence-corrected chi connectivity index (χ1v) is 6.47. The number of carbonyl (C=O) groups excluding carboxylic acids is 1. The third-order valence-corrected chi connectivity index (χ3v) is 3.39. The van der Waals surface area contributed by atoms with Crippen molar-refractivity contribution in [2.45, 2.75) is 20.1 Å². The quantitative estimate of drug-likeness (QED) is 0.921. The van der Waals surface area contributed by atoms with E-state index < -0.39 is 6.09 Å². The first-order chi connectivity index (χ1) is 8.75. The minimum absolute atomic E-state index is 0.286. The minimum Gasteiger partial charge on any atom is -0.445 e. The summed E-state index contributed by atoms with van der Waals surface area (Å²) in [5.74, 6) is 0. The van der Waals surface area contributed by atoms with Gasteiger partial charge in [-0.2, -0.15) is 0 Å². The van der Waals surface area contributed by atoms with Crippen molar-refractivity contribution >= 4 is 17.4 Å². The number of amides is 1. The van der Waals surface area contributed by atoms with Crippen LogP contribution in [0.1, 0.15) is 16.1 Å². The number of benzene rings is 1. The topological polar surface area (TPSA) is 51.2 Å². The zero-order valence-electron chi connectivity index (χ0n) is 10.1. The maximum atomic E-state index is 11.5. The van der Waals surface area contributed by atoms with Gasteiger partial charge >= 0.3 is 6.09 Å². The highest BCUT2D eigenvalue weighted by Gasteiger charge is 2.05. The summed E-state index contributed by atoms with van der Waals surface area (Å²) in [5.41, 5.74) is 3.69. The second kappa shape index (κ2) is 6.16. The van der Waals surface area contributed by atoms with Gasteiger partial charge in [0.2, 0.25) is 0 Å². The molecule has 0 saturated carbocycles. The molecular weight excluding hydrogens is 248 g/mol. The standard InChI is InChI=1S/C13H14N2O2S/c1-10-12(18-9-15-10)7-14-13(16)17-8-11-5-3-2-4-6-11/h2-6,9H,7-8H2,1H3,(H,14,16). The molecule has 1 heterocycles. The summed E-state index contributed by atoms with van der Waals surface area (Å²) in [5, 5.41) is 2.71. The van der Waals surface area contributed by atoms with Gasteiger partial charge < -0.3 is 10.1 Å². The van der Waals surface area contributed by atoms with Crippen molar-refractivity contribution in [1.29, 1.82) is 0 Å². The number of nitrogens with one attached hydrogen (secondary N) is 1. The van der Waals surface area contributed by atoms with E-state index in [-0.39, 0.29) is 6.61 Å². The number of hydrogen-bond acceptors (Lipinski definition) is 4. The van der Waals surface area contributed by atoms with Crippen LogP contribution in [0.3, 0.4) is 0 Å². The Balaban J connectivity index is 1.75. The molecule has 0 bridgehead atoms. The predicted octanol–water partition coefficient (Wildman–Crippen LogP) is 2.88. The zero-order chi connectivity index (χ0) is 12.8. The van der Waals surface area contributed by atoms with Crippen LogP contribution >= 0.6 is 11.3 Å². The van der Waals surface area contributed by atoms with Gasteiger partial charge in [0.05, 0.1) is 17.7 Å². The Kier molecular flexibility index (Phi) is 4.30. The molecular formula is C13H14N2O2S. The summed E-state index contributed by atoms with van der Waals surface area (Å²) >= 11 is 1.52. The van der Waals surface area contributed by atoms with E-state index in [1.807, 2.05) is 37.3 Å². The summed E-state index contributed by atoms with van der Waals surface area (Å²) in [7, 11) is 0. The molecule has 94 valence electrons. The normalized spacial score (nSPS) is 10.1. The molecule has 0 aliphatic heterocycles. The fourth-order valence-corrected chi connectivity index (χ4v) is 2.14. The molecule has 0 aliphatic carbocycles. The average Bonchev–Trinajstić information content (AvgIpc) is 2.81. The monoisotopic (exact) mass is 262 g/mol. The largest absolute Gasteiger partial charge is 0.445 e. The van der Waals surface area contributed by atoms with Gasteiger partial charge in [0.25, 0.3) is 0 Å². The second-order valence-corrected chi connectivity index (χ2v) is 4.72. The van der Waals surface area contributed by atoms with E-state index in [1.54, 1.807) is 5.51 Å². The van der Waals surface area contributed by atoms with Gasteiger partial charge in [-0.25, -0.2) is 9.78 Å².